The van der Waals surface area contributed by atoms with E-state index < -0.39 is 33.7 Å². The molecule has 1 amide bonds. The van der Waals surface area contributed by atoms with E-state index in [1.807, 2.05) is 0 Å². The molecule has 1 aromatic rings. The Kier molecular flexibility index (Phi) is 7.39. The molecule has 2 N–H and O–H groups in total. The Morgan fingerprint density at radius 2 is 1.84 bits per heavy atom. The van der Waals surface area contributed by atoms with E-state index in [4.69, 9.17) is 4.74 Å². The third kappa shape index (κ3) is 7.00. The zero-order chi connectivity index (χ0) is 19.3. The molecule has 1 aromatic carbocycles. The van der Waals surface area contributed by atoms with Crippen molar-refractivity contribution in [2.75, 3.05) is 13.7 Å². The Bertz CT molecular complexity index is 730. The standard InChI is InChI=1S/C15H21BrN2O6S/c1-15(2,3)24-14(20)17-9-11(13(19)23-4)18-25(21,22)12-8-6-5-7-10(12)16/h5-8,11,18H,9H2,1-4H3,(H,17,20)/t11-/m0/s1. The van der Waals surface area contributed by atoms with Crippen molar-refractivity contribution in [3.05, 3.63) is 28.7 Å². The molecule has 8 nitrogen and oxygen atoms in total. The van der Waals surface area contributed by atoms with Crippen molar-refractivity contribution in [1.82, 2.24) is 10.0 Å². The van der Waals surface area contributed by atoms with Gasteiger partial charge in [0.1, 0.15) is 11.6 Å². The maximum atomic E-state index is 12.5. The number of esters is 1. The number of amides is 1. The van der Waals surface area contributed by atoms with Gasteiger partial charge in [-0.3, -0.25) is 4.79 Å². The lowest BCUT2D eigenvalue weighted by molar-refractivity contribution is -0.142. The molecule has 0 heterocycles. The first-order chi connectivity index (χ1) is 11.5. The summed E-state index contributed by atoms with van der Waals surface area (Å²) in [5, 5.41) is 2.34. The molecule has 0 aromatic heterocycles. The molecule has 140 valence electrons. The van der Waals surface area contributed by atoms with Crippen molar-refractivity contribution in [1.29, 1.82) is 0 Å². The summed E-state index contributed by atoms with van der Waals surface area (Å²) in [4.78, 5) is 23.5. The van der Waals surface area contributed by atoms with Crippen LogP contribution in [0.3, 0.4) is 0 Å². The van der Waals surface area contributed by atoms with Gasteiger partial charge in [0.2, 0.25) is 10.0 Å². The van der Waals surface area contributed by atoms with Gasteiger partial charge in [0.05, 0.1) is 12.0 Å². The van der Waals surface area contributed by atoms with E-state index in [1.165, 1.54) is 6.07 Å². The molecule has 0 spiro atoms. The predicted molar refractivity (Wildman–Crippen MR) is 94.5 cm³/mol. The number of sulfonamides is 1. The fourth-order valence-corrected chi connectivity index (χ4v) is 3.92. The number of carbonyl (C=O) groups is 2. The largest absolute Gasteiger partial charge is 0.468 e. The third-order valence-corrected chi connectivity index (χ3v) is 5.24. The van der Waals surface area contributed by atoms with Crippen molar-refractivity contribution >= 4 is 38.0 Å². The third-order valence-electron chi connectivity index (χ3n) is 2.76. The Labute approximate surface area is 155 Å². The molecule has 0 fully saturated rings. The van der Waals surface area contributed by atoms with E-state index in [1.54, 1.807) is 39.0 Å². The predicted octanol–water partition coefficient (Wildman–Crippen LogP) is 1.79. The number of hydrogen-bond donors (Lipinski definition) is 2. The van der Waals surface area contributed by atoms with Crippen molar-refractivity contribution in [2.24, 2.45) is 0 Å². The minimum Gasteiger partial charge on any atom is -0.468 e. The van der Waals surface area contributed by atoms with Gasteiger partial charge in [0, 0.05) is 11.0 Å². The minimum atomic E-state index is -4.02. The lowest BCUT2D eigenvalue weighted by atomic mass is 10.2. The Hall–Kier alpha value is -1.65. The number of halogens is 1. The van der Waals surface area contributed by atoms with E-state index in [0.29, 0.717) is 4.47 Å². The monoisotopic (exact) mass is 436 g/mol. The SMILES string of the molecule is COC(=O)[C@H](CNC(=O)OC(C)(C)C)NS(=O)(=O)c1ccccc1Br. The van der Waals surface area contributed by atoms with Gasteiger partial charge in [0.15, 0.2) is 0 Å². The molecule has 0 bridgehead atoms. The first kappa shape index (κ1) is 21.4. The maximum absolute atomic E-state index is 12.5. The zero-order valence-corrected chi connectivity index (χ0v) is 16.7. The number of benzene rings is 1. The first-order valence-electron chi connectivity index (χ1n) is 7.28. The summed E-state index contributed by atoms with van der Waals surface area (Å²) in [6.07, 6.45) is -0.776. The quantitative estimate of drug-likeness (QED) is 0.657. The Morgan fingerprint density at radius 1 is 1.24 bits per heavy atom. The molecule has 0 saturated carbocycles. The van der Waals surface area contributed by atoms with Gasteiger partial charge < -0.3 is 14.8 Å². The summed E-state index contributed by atoms with van der Waals surface area (Å²) >= 11 is 3.15. The van der Waals surface area contributed by atoms with E-state index in [2.05, 4.69) is 30.7 Å². The van der Waals surface area contributed by atoms with E-state index in [-0.39, 0.29) is 11.4 Å². The number of methoxy groups -OCH3 is 1. The number of carbonyl (C=O) groups excluding carboxylic acids is 2. The molecule has 25 heavy (non-hydrogen) atoms. The lowest BCUT2D eigenvalue weighted by Gasteiger charge is -2.21. The van der Waals surface area contributed by atoms with Crippen molar-refractivity contribution in [3.8, 4) is 0 Å². The van der Waals surface area contributed by atoms with Crippen LogP contribution >= 0.6 is 15.9 Å². The molecule has 0 saturated heterocycles. The molecule has 1 atom stereocenters. The highest BCUT2D eigenvalue weighted by molar-refractivity contribution is 9.10. The lowest BCUT2D eigenvalue weighted by Crippen LogP contribution is -2.49. The highest BCUT2D eigenvalue weighted by atomic mass is 79.9. The van der Waals surface area contributed by atoms with Gasteiger partial charge in [-0.15, -0.1) is 0 Å². The van der Waals surface area contributed by atoms with Crippen LogP contribution < -0.4 is 10.0 Å². The van der Waals surface area contributed by atoms with Crippen molar-refractivity contribution in [3.63, 3.8) is 0 Å². The molecule has 0 aliphatic heterocycles. The second-order valence-corrected chi connectivity index (χ2v) is 8.55. The molecular weight excluding hydrogens is 416 g/mol. The van der Waals surface area contributed by atoms with Crippen LogP contribution in [0, 0.1) is 0 Å². The van der Waals surface area contributed by atoms with Gasteiger partial charge in [-0.05, 0) is 48.8 Å². The van der Waals surface area contributed by atoms with Crippen LogP contribution in [0.1, 0.15) is 20.8 Å². The zero-order valence-electron chi connectivity index (χ0n) is 14.3. The molecule has 0 radical (unpaired) electrons. The van der Waals surface area contributed by atoms with Gasteiger partial charge in [-0.2, -0.15) is 4.72 Å². The summed E-state index contributed by atoms with van der Waals surface area (Å²) in [5.41, 5.74) is -0.723. The van der Waals surface area contributed by atoms with Gasteiger partial charge in [-0.25, -0.2) is 13.2 Å². The molecule has 0 aliphatic rings. The topological polar surface area (TPSA) is 111 Å². The van der Waals surface area contributed by atoms with Crippen molar-refractivity contribution in [2.45, 2.75) is 37.3 Å². The first-order valence-corrected chi connectivity index (χ1v) is 9.55. The summed E-state index contributed by atoms with van der Waals surface area (Å²) in [5.74, 6) is -0.841. The summed E-state index contributed by atoms with van der Waals surface area (Å²) in [6, 6.07) is 4.83. The van der Waals surface area contributed by atoms with Crippen molar-refractivity contribution < 1.29 is 27.5 Å². The highest BCUT2D eigenvalue weighted by Crippen LogP contribution is 2.21. The van der Waals surface area contributed by atoms with Crippen LogP contribution in [0.5, 0.6) is 0 Å². The van der Waals surface area contributed by atoms with Crippen LogP contribution in [-0.2, 0) is 24.3 Å². The minimum absolute atomic E-state index is 0.0406. The van der Waals surface area contributed by atoms with Crippen LogP contribution in [0.15, 0.2) is 33.6 Å². The number of hydrogen-bond acceptors (Lipinski definition) is 6. The van der Waals surface area contributed by atoms with Crippen LogP contribution in [0.25, 0.3) is 0 Å². The summed E-state index contributed by atoms with van der Waals surface area (Å²) in [6.45, 7) is 4.71. The maximum Gasteiger partial charge on any atom is 0.407 e. The smallest absolute Gasteiger partial charge is 0.407 e. The Balaban J connectivity index is 2.88. The average Bonchev–Trinajstić information content (AvgIpc) is 2.49. The normalized spacial score (nSPS) is 13.0. The van der Waals surface area contributed by atoms with Crippen LogP contribution in [0.2, 0.25) is 0 Å². The van der Waals surface area contributed by atoms with Gasteiger partial charge in [-0.1, -0.05) is 12.1 Å². The molecule has 0 aliphatic carbocycles. The average molecular weight is 437 g/mol. The molecular formula is C15H21BrN2O6S. The molecule has 1 rings (SSSR count). The van der Waals surface area contributed by atoms with Gasteiger partial charge in [0.25, 0.3) is 0 Å². The highest BCUT2D eigenvalue weighted by Gasteiger charge is 2.28. The number of alkyl carbamates (subject to hydrolysis) is 1. The molecule has 0 unspecified atom stereocenters. The van der Waals surface area contributed by atoms with E-state index >= 15 is 0 Å². The van der Waals surface area contributed by atoms with E-state index in [9.17, 15) is 18.0 Å². The fraction of sp³-hybridized carbons (Fsp3) is 0.467. The number of ether oxygens (including phenoxy) is 2. The second kappa shape index (κ2) is 8.63. The fourth-order valence-electron chi connectivity index (χ4n) is 1.73. The van der Waals surface area contributed by atoms with Crippen LogP contribution in [0.4, 0.5) is 4.79 Å². The van der Waals surface area contributed by atoms with Crippen LogP contribution in [-0.4, -0.2) is 45.8 Å². The van der Waals surface area contributed by atoms with E-state index in [0.717, 1.165) is 7.11 Å². The molecule has 10 heteroatoms. The van der Waals surface area contributed by atoms with Gasteiger partial charge >= 0.3 is 12.1 Å². The number of rotatable bonds is 6. The summed E-state index contributed by atoms with van der Waals surface area (Å²) in [7, 11) is -2.90. The number of nitrogens with one attached hydrogen (secondary N) is 2. The summed E-state index contributed by atoms with van der Waals surface area (Å²) < 4.78 is 37.1. The Morgan fingerprint density at radius 3 is 2.36 bits per heavy atom. The second-order valence-electron chi connectivity index (χ2n) is 6.01.